The van der Waals surface area contributed by atoms with Crippen molar-refractivity contribution >= 4 is 6.08 Å². The molecule has 1 atom stereocenters. The average Bonchev–Trinajstić information content (AvgIpc) is 2.95. The van der Waals surface area contributed by atoms with E-state index in [-0.39, 0.29) is 40.9 Å². The van der Waals surface area contributed by atoms with Gasteiger partial charge in [-0.2, -0.15) is 0 Å². The van der Waals surface area contributed by atoms with E-state index in [1.807, 2.05) is 0 Å². The molecule has 0 bridgehead atoms. The van der Waals surface area contributed by atoms with Crippen LogP contribution in [0.15, 0.2) is 91.0 Å². The third kappa shape index (κ3) is 4.11. The molecule has 3 aromatic rings. The van der Waals surface area contributed by atoms with Gasteiger partial charge in [-0.1, -0.05) is 0 Å². The molecule has 4 rings (SSSR count). The van der Waals surface area contributed by atoms with Gasteiger partial charge in [0.2, 0.25) is 0 Å². The van der Waals surface area contributed by atoms with Gasteiger partial charge in [0.05, 0.1) is 0 Å². The summed E-state index contributed by atoms with van der Waals surface area (Å²) in [5.74, 6) is 0.310. The number of benzene rings is 3. The summed E-state index contributed by atoms with van der Waals surface area (Å²) in [7, 11) is 0. The summed E-state index contributed by atoms with van der Waals surface area (Å²) in [6.45, 7) is 0. The molecule has 26 heavy (non-hydrogen) atoms. The normalized spacial score (nSPS) is 16.9. The molecule has 1 aliphatic carbocycles. The van der Waals surface area contributed by atoms with Crippen LogP contribution in [-0.2, 0) is 24.2 Å². The Kier molecular flexibility index (Phi) is 8.67. The van der Waals surface area contributed by atoms with Crippen molar-refractivity contribution in [3.63, 3.8) is 0 Å². The fourth-order valence-corrected chi connectivity index (χ4v) is 4.60. The van der Waals surface area contributed by atoms with Crippen LogP contribution in [0.4, 0.5) is 0 Å². The standard InChI is InChI=1S/C22H17.3ClH.Ti/c1-3-10-18(11-4-1)22(19-12-5-2-6-13-19)21-16-15-17-9-7-8-14-20(17)21;;;;/h1-16,22H;3*1H;/q;;;;+3/p-3. The van der Waals surface area contributed by atoms with E-state index in [1.54, 1.807) is 0 Å². The summed E-state index contributed by atoms with van der Waals surface area (Å²) in [6, 6.07) is 30.5. The van der Waals surface area contributed by atoms with Crippen molar-refractivity contribution in [2.24, 2.45) is 0 Å². The SMILES string of the molecule is [Cl-].[Cl-].[Cl-].[Ti+3][C]1(C(c2ccccc2)c2ccccc2)C=Cc2ccccc21. The Morgan fingerprint density at radius 1 is 0.615 bits per heavy atom. The first-order valence-corrected chi connectivity index (χ1v) is 8.71. The van der Waals surface area contributed by atoms with Crippen molar-refractivity contribution in [1.29, 1.82) is 0 Å². The van der Waals surface area contributed by atoms with Crippen molar-refractivity contribution in [3.05, 3.63) is 113 Å². The monoisotopic (exact) mass is 434 g/mol. The number of halogens is 3. The first-order chi connectivity index (χ1) is 11.3. The zero-order valence-electron chi connectivity index (χ0n) is 13.9. The van der Waals surface area contributed by atoms with Gasteiger partial charge in [0.25, 0.3) is 0 Å². The summed E-state index contributed by atoms with van der Waals surface area (Å²) in [6.07, 6.45) is 4.65. The van der Waals surface area contributed by atoms with E-state index >= 15 is 0 Å². The van der Waals surface area contributed by atoms with Gasteiger partial charge >= 0.3 is 149 Å². The first kappa shape index (κ1) is 23.0. The number of hydrogen-bond donors (Lipinski definition) is 0. The fraction of sp³-hybridized carbons (Fsp3) is 0.0909. The van der Waals surface area contributed by atoms with E-state index in [9.17, 15) is 0 Å². The summed E-state index contributed by atoms with van der Waals surface area (Å²) < 4.78 is -0.0285. The van der Waals surface area contributed by atoms with Gasteiger partial charge < -0.3 is 37.2 Å². The molecule has 3 aromatic carbocycles. The molecule has 0 saturated heterocycles. The van der Waals surface area contributed by atoms with Crippen LogP contribution < -0.4 is 37.2 Å². The van der Waals surface area contributed by atoms with E-state index in [1.165, 1.54) is 22.3 Å². The first-order valence-electron chi connectivity index (χ1n) is 7.93. The Morgan fingerprint density at radius 3 is 1.62 bits per heavy atom. The Morgan fingerprint density at radius 2 is 1.08 bits per heavy atom. The fourth-order valence-electron chi connectivity index (χ4n) is 3.59. The minimum atomic E-state index is -0.0285. The summed E-state index contributed by atoms with van der Waals surface area (Å²) in [5.41, 5.74) is 5.48. The van der Waals surface area contributed by atoms with Gasteiger partial charge in [-0.25, -0.2) is 0 Å². The Bertz CT molecular complexity index is 810. The number of allylic oxidation sites excluding steroid dienone is 1. The van der Waals surface area contributed by atoms with Crippen LogP contribution in [0, 0.1) is 0 Å². The molecular formula is C22H17Cl3Ti. The van der Waals surface area contributed by atoms with Crippen LogP contribution in [0.1, 0.15) is 28.2 Å². The molecule has 0 spiro atoms. The van der Waals surface area contributed by atoms with E-state index in [2.05, 4.69) is 118 Å². The Hall–Kier alpha value is -1.02. The molecule has 1 unspecified atom stereocenters. The predicted molar refractivity (Wildman–Crippen MR) is 91.9 cm³/mol. The third-order valence-corrected chi connectivity index (χ3v) is 5.79. The van der Waals surface area contributed by atoms with E-state index in [0.29, 0.717) is 5.92 Å². The molecule has 0 saturated carbocycles. The van der Waals surface area contributed by atoms with Crippen molar-refractivity contribution in [2.45, 2.75) is 9.64 Å². The number of hydrogen-bond acceptors (Lipinski definition) is 0. The summed E-state index contributed by atoms with van der Waals surface area (Å²) in [4.78, 5) is 0. The van der Waals surface area contributed by atoms with E-state index in [0.717, 1.165) is 0 Å². The molecule has 1 aliphatic rings. The van der Waals surface area contributed by atoms with Crippen LogP contribution in [0.5, 0.6) is 0 Å². The van der Waals surface area contributed by atoms with Crippen molar-refractivity contribution in [2.75, 3.05) is 0 Å². The summed E-state index contributed by atoms with van der Waals surface area (Å²) >= 11 is 2.36. The molecule has 130 valence electrons. The van der Waals surface area contributed by atoms with Crippen LogP contribution >= 0.6 is 0 Å². The number of fused-ring (bicyclic) bond motifs is 1. The van der Waals surface area contributed by atoms with Gasteiger partial charge in [0.15, 0.2) is 0 Å². The van der Waals surface area contributed by atoms with Gasteiger partial charge in [0.1, 0.15) is 0 Å². The van der Waals surface area contributed by atoms with Crippen LogP contribution in [0.3, 0.4) is 0 Å². The Balaban J connectivity index is 0.00000113. The molecule has 0 radical (unpaired) electrons. The van der Waals surface area contributed by atoms with Crippen LogP contribution in [-0.4, -0.2) is 0 Å². The zero-order valence-corrected chi connectivity index (χ0v) is 17.8. The zero-order chi connectivity index (χ0) is 15.7. The molecule has 0 nitrogen and oxygen atoms in total. The molecule has 0 aromatic heterocycles. The van der Waals surface area contributed by atoms with Gasteiger partial charge in [-0.3, -0.25) is 0 Å². The second-order valence-electron chi connectivity index (χ2n) is 6.04. The molecule has 0 amide bonds. The van der Waals surface area contributed by atoms with Crippen molar-refractivity contribution in [1.82, 2.24) is 0 Å². The van der Waals surface area contributed by atoms with Crippen LogP contribution in [0.2, 0.25) is 0 Å². The maximum atomic E-state index is 2.38. The van der Waals surface area contributed by atoms with Crippen molar-refractivity contribution in [3.8, 4) is 0 Å². The molecular weight excluding hydrogens is 418 g/mol. The average molecular weight is 436 g/mol. The summed E-state index contributed by atoms with van der Waals surface area (Å²) in [5, 5.41) is 0. The Labute approximate surface area is 185 Å². The van der Waals surface area contributed by atoms with Gasteiger partial charge in [-0.15, -0.1) is 0 Å². The van der Waals surface area contributed by atoms with Gasteiger partial charge in [-0.05, 0) is 0 Å². The van der Waals surface area contributed by atoms with Crippen LogP contribution in [0.25, 0.3) is 6.08 Å². The molecule has 0 aliphatic heterocycles. The molecule has 0 fully saturated rings. The second kappa shape index (κ2) is 9.79. The molecule has 0 heterocycles. The molecule has 4 heteroatoms. The topological polar surface area (TPSA) is 0 Å². The minimum absolute atomic E-state index is 0. The van der Waals surface area contributed by atoms with E-state index in [4.69, 9.17) is 0 Å². The predicted octanol–water partition coefficient (Wildman–Crippen LogP) is -3.70. The van der Waals surface area contributed by atoms with Crippen molar-refractivity contribution < 1.29 is 57.7 Å². The number of rotatable bonds is 3. The quantitative estimate of drug-likeness (QED) is 0.372. The third-order valence-electron chi connectivity index (χ3n) is 4.65. The van der Waals surface area contributed by atoms with E-state index < -0.39 is 0 Å². The maximum absolute atomic E-state index is 2.38. The van der Waals surface area contributed by atoms with Gasteiger partial charge in [0, 0.05) is 0 Å². The second-order valence-corrected chi connectivity index (χ2v) is 7.34. The molecule has 0 N–H and O–H groups in total.